The molecule has 10 atom stereocenters. The summed E-state index contributed by atoms with van der Waals surface area (Å²) in [5, 5.41) is 24.9. The molecule has 0 saturated carbocycles. The fourth-order valence-electron chi connectivity index (χ4n) is 11.3. The molecule has 2 saturated heterocycles. The van der Waals surface area contributed by atoms with Gasteiger partial charge in [0.2, 0.25) is 0 Å². The van der Waals surface area contributed by atoms with Crippen molar-refractivity contribution < 1.29 is 29.0 Å². The summed E-state index contributed by atoms with van der Waals surface area (Å²) in [4.78, 5) is 50.6. The number of aliphatic hydroxyl groups is 1. The Morgan fingerprint density at radius 1 is 0.848 bits per heavy atom. The Kier molecular flexibility index (Phi) is 19.1. The molecule has 2 fully saturated rings. The zero-order valence-corrected chi connectivity index (χ0v) is 43.8. The number of aromatic nitrogens is 2. The predicted molar refractivity (Wildman–Crippen MR) is 267 cm³/mol. The zero-order chi connectivity index (χ0) is 47.3. The van der Waals surface area contributed by atoms with Gasteiger partial charge in [0.05, 0.1) is 7.11 Å². The molecule has 1 unspecified atom stereocenters. The van der Waals surface area contributed by atoms with Crippen molar-refractivity contribution in [2.24, 2.45) is 47.3 Å². The van der Waals surface area contributed by atoms with Crippen molar-refractivity contribution in [3.05, 3.63) is 71.6 Å². The van der Waals surface area contributed by atoms with E-state index in [1.807, 2.05) is 38.2 Å². The summed E-state index contributed by atoms with van der Waals surface area (Å²) < 4.78 is 11.1. The first-order chi connectivity index (χ1) is 30.9. The third-order valence-electron chi connectivity index (χ3n) is 15.4. The molecule has 1 N–H and O–H groups in total. The molecule has 2 aromatic heterocycles. The SMILES string of the molecule is CC[C@H]1/C2=C/c3[n-]c4c(c3C)=C(O)[C@H](C(=O)OC)C=4C3[N-][C@H](/C=c4\[n-]/c(c(C(C)=O)c4C)=C\[C@H]([N-]2)[C@@H]1C)[C@@H](C)[C@@H]3CCC(=O)OC/C=C(\C)CCC[C@H](C)CCC[C@H](C)CCCC(C)C.[Mg+2]. The number of ketones is 1. The van der Waals surface area contributed by atoms with Crippen LogP contribution >= 0.6 is 0 Å². The van der Waals surface area contributed by atoms with E-state index in [0.29, 0.717) is 50.4 Å². The van der Waals surface area contributed by atoms with Crippen LogP contribution < -0.4 is 31.2 Å². The molecular weight excluding hydrogens is 837 g/mol. The van der Waals surface area contributed by atoms with Gasteiger partial charge in [-0.25, -0.2) is 0 Å². The molecule has 10 nitrogen and oxygen atoms in total. The minimum Gasteiger partial charge on any atom is -0.682 e. The van der Waals surface area contributed by atoms with Crippen molar-refractivity contribution in [3.63, 3.8) is 0 Å². The summed E-state index contributed by atoms with van der Waals surface area (Å²) >= 11 is 0. The number of aliphatic hydroxyl groups excluding tert-OH is 1. The van der Waals surface area contributed by atoms with Gasteiger partial charge in [-0.05, 0) is 82.6 Å². The number of carbonyl (C=O) groups is 3. The van der Waals surface area contributed by atoms with Gasteiger partial charge in [0.25, 0.3) is 0 Å². The molecule has 11 heteroatoms. The quantitative estimate of drug-likeness (QED) is 0.0601. The Bertz CT molecular complexity index is 2370. The maximum Gasteiger partial charge on any atom is 2.00 e. The Balaban J connectivity index is 0.00000817. The molecule has 66 heavy (non-hydrogen) atoms. The summed E-state index contributed by atoms with van der Waals surface area (Å²) in [5.41, 5.74) is 5.58. The van der Waals surface area contributed by atoms with E-state index in [9.17, 15) is 19.5 Å². The van der Waals surface area contributed by atoms with Gasteiger partial charge in [-0.15, -0.1) is 46.0 Å². The third-order valence-corrected chi connectivity index (χ3v) is 15.4. The summed E-state index contributed by atoms with van der Waals surface area (Å²) in [5.74, 6) is 0.232. The fraction of sp³-hybridized carbons (Fsp3) is 0.655. The normalized spacial score (nSPS) is 27.2. The second-order valence-electron chi connectivity index (χ2n) is 20.7. The maximum absolute atomic E-state index is 13.7. The van der Waals surface area contributed by atoms with Gasteiger partial charge in [-0.2, -0.15) is 5.70 Å². The average molecular weight is 916 g/mol. The van der Waals surface area contributed by atoms with Crippen LogP contribution in [0.1, 0.15) is 167 Å². The summed E-state index contributed by atoms with van der Waals surface area (Å²) in [6.45, 7) is 23.7. The van der Waals surface area contributed by atoms with Gasteiger partial charge in [-0.3, -0.25) is 14.4 Å². The number of allylic oxidation sites excluding steroid dienone is 2. The van der Waals surface area contributed by atoms with Crippen LogP contribution in [0.4, 0.5) is 0 Å². The minimum absolute atomic E-state index is 0. The Morgan fingerprint density at radius 2 is 1.50 bits per heavy atom. The van der Waals surface area contributed by atoms with Gasteiger partial charge >= 0.3 is 35.0 Å². The second-order valence-corrected chi connectivity index (χ2v) is 20.7. The van der Waals surface area contributed by atoms with Crippen molar-refractivity contribution in [1.29, 1.82) is 0 Å². The van der Waals surface area contributed by atoms with Crippen molar-refractivity contribution in [2.75, 3.05) is 13.7 Å². The number of fused-ring (bicyclic) bond motifs is 8. The number of carbonyl (C=O) groups excluding carboxylic acids is 3. The van der Waals surface area contributed by atoms with E-state index < -0.39 is 17.9 Å². The van der Waals surface area contributed by atoms with Gasteiger partial charge in [0.1, 0.15) is 18.3 Å². The number of rotatable bonds is 20. The molecule has 1 aliphatic carbocycles. The van der Waals surface area contributed by atoms with Crippen LogP contribution in [0.25, 0.3) is 40.2 Å². The summed E-state index contributed by atoms with van der Waals surface area (Å²) in [6.07, 6.45) is 20.9. The van der Waals surface area contributed by atoms with Gasteiger partial charge in [0, 0.05) is 17.2 Å². The van der Waals surface area contributed by atoms with E-state index in [1.165, 1.54) is 57.6 Å². The summed E-state index contributed by atoms with van der Waals surface area (Å²) in [7, 11) is 1.33. The van der Waals surface area contributed by atoms with Crippen LogP contribution in [0.3, 0.4) is 0 Å². The first-order valence-electron chi connectivity index (χ1n) is 24.9. The standard InChI is InChI=1S/C55H78N4O6.Mg/c1-13-39-34(7)41-29-46-48(38(11)60)36(9)43(57-46)27-42-35(8)40(52(58-42)50-51(55(63)64-12)54(62)49-37(10)44(59-53(49)50)28-45(39)56-41)23-24-47(61)65-26-25-33(6)22-16-21-32(5)20-15-19-31(4)18-14-17-30(2)3;/h25,27-32,34-35,39-42,51-52,62H,13-24,26H2,1-12H3;/q-4;+2/b33-25+,43-27-,45-28-,46-29-;/t31-,32-,34-,35+,39-,40+,41+,42-,51-,52?;/m1./s1. The number of Topliss-reactive ketones (excluding diaryl/α,β-unsaturated/α-hetero) is 1. The van der Waals surface area contributed by atoms with Crippen LogP contribution in [-0.2, 0) is 19.1 Å². The molecule has 2 aromatic rings. The molecule has 8 bridgehead atoms. The topological polar surface area (TPSA) is 146 Å². The minimum atomic E-state index is -1.08. The van der Waals surface area contributed by atoms with E-state index in [1.54, 1.807) is 6.92 Å². The summed E-state index contributed by atoms with van der Waals surface area (Å²) in [6, 6.07) is -1.14. The van der Waals surface area contributed by atoms with Gasteiger partial charge in [0.15, 0.2) is 5.78 Å². The Morgan fingerprint density at radius 3 is 2.14 bits per heavy atom. The molecule has 0 amide bonds. The first-order valence-corrected chi connectivity index (χ1v) is 24.9. The predicted octanol–water partition coefficient (Wildman–Crippen LogP) is 8.78. The maximum atomic E-state index is 13.7. The first kappa shape index (κ1) is 53.4. The van der Waals surface area contributed by atoms with Crippen LogP contribution in [0.15, 0.2) is 17.3 Å². The molecule has 358 valence electrons. The molecular formula is C55H78MgN4O6-2. The number of hydrogen-bond acceptors (Lipinski definition) is 6. The average Bonchev–Trinajstić information content (AvgIpc) is 4.00. The number of hydrogen-bond donors (Lipinski definition) is 1. The molecule has 3 aliphatic heterocycles. The number of nitrogens with zero attached hydrogens (tertiary/aromatic N) is 4. The van der Waals surface area contributed by atoms with Crippen molar-refractivity contribution in [2.45, 2.75) is 171 Å². The number of ether oxygens (including phenoxy) is 2. The van der Waals surface area contributed by atoms with Crippen LogP contribution in [0.2, 0.25) is 0 Å². The van der Waals surface area contributed by atoms with Crippen molar-refractivity contribution in [3.8, 4) is 0 Å². The monoisotopic (exact) mass is 915 g/mol. The van der Waals surface area contributed by atoms with E-state index in [2.05, 4.69) is 55.4 Å². The van der Waals surface area contributed by atoms with Crippen LogP contribution in [-0.4, -0.2) is 77.7 Å². The van der Waals surface area contributed by atoms with E-state index in [-0.39, 0.29) is 89.3 Å². The second kappa shape index (κ2) is 23.6. The van der Waals surface area contributed by atoms with E-state index >= 15 is 0 Å². The molecule has 4 aliphatic rings. The van der Waals surface area contributed by atoms with Crippen LogP contribution in [0, 0.1) is 61.2 Å². The third kappa shape index (κ3) is 12.0. The van der Waals surface area contributed by atoms with Gasteiger partial charge in [-0.1, -0.05) is 146 Å². The molecule has 6 rings (SSSR count). The zero-order valence-electron chi connectivity index (χ0n) is 42.3. The van der Waals surface area contributed by atoms with Crippen molar-refractivity contribution in [1.82, 2.24) is 9.97 Å². The van der Waals surface area contributed by atoms with E-state index in [4.69, 9.17) is 30.1 Å². The smallest absolute Gasteiger partial charge is 0.682 e. The molecule has 0 spiro atoms. The van der Waals surface area contributed by atoms with E-state index in [0.717, 1.165) is 47.9 Å². The van der Waals surface area contributed by atoms with Crippen LogP contribution in [0.5, 0.6) is 0 Å². The largest absolute Gasteiger partial charge is 2.00 e. The molecule has 0 aromatic carbocycles. The fourth-order valence-corrected chi connectivity index (χ4v) is 11.3. The Labute approximate surface area is 411 Å². The molecule has 0 radical (unpaired) electrons. The molecule has 5 heterocycles. The Hall–Kier alpha value is -3.54. The van der Waals surface area contributed by atoms with Gasteiger partial charge < -0.3 is 35.2 Å². The number of esters is 2. The van der Waals surface area contributed by atoms with Crippen molar-refractivity contribution >= 4 is 70.3 Å². The number of methoxy groups -OCH3 is 1.